The van der Waals surface area contributed by atoms with Crippen LogP contribution in [0.5, 0.6) is 0 Å². The molecule has 1 aromatic rings. The third-order valence-corrected chi connectivity index (χ3v) is 4.88. The van der Waals surface area contributed by atoms with Crippen molar-refractivity contribution in [1.29, 1.82) is 0 Å². The molecule has 1 atom stereocenters. The van der Waals surface area contributed by atoms with Gasteiger partial charge in [0.1, 0.15) is 5.41 Å². The molecule has 6 nitrogen and oxygen atoms in total. The molecule has 6 heteroatoms. The predicted octanol–water partition coefficient (Wildman–Crippen LogP) is 0.944. The number of aromatic amines is 1. The van der Waals surface area contributed by atoms with E-state index < -0.39 is 11.3 Å². The zero-order valence-electron chi connectivity index (χ0n) is 12.4. The van der Waals surface area contributed by atoms with Gasteiger partial charge in [0.2, 0.25) is 11.8 Å². The monoisotopic (exact) mass is 290 g/mol. The summed E-state index contributed by atoms with van der Waals surface area (Å²) in [4.78, 5) is 26.0. The Labute approximate surface area is 124 Å². The number of H-pyrrole nitrogens is 1. The maximum absolute atomic E-state index is 12.6. The summed E-state index contributed by atoms with van der Waals surface area (Å²) in [6, 6.07) is 0. The fraction of sp³-hybridized carbons (Fsp3) is 0.667. The summed E-state index contributed by atoms with van der Waals surface area (Å²) in [5, 5.41) is 7.21. The smallest absolute Gasteiger partial charge is 0.238 e. The zero-order chi connectivity index (χ0) is 15.0. The molecule has 0 radical (unpaired) electrons. The Balaban J connectivity index is 1.75. The minimum atomic E-state index is -0.899. The Morgan fingerprint density at radius 3 is 2.90 bits per heavy atom. The van der Waals surface area contributed by atoms with Crippen molar-refractivity contribution < 1.29 is 9.59 Å². The Hall–Kier alpha value is -1.85. The number of nitrogens with zero attached hydrogens (tertiary/aromatic N) is 2. The van der Waals surface area contributed by atoms with E-state index in [2.05, 4.69) is 17.1 Å². The lowest BCUT2D eigenvalue weighted by Crippen LogP contribution is -2.47. The topological polar surface area (TPSA) is 92.1 Å². The summed E-state index contributed by atoms with van der Waals surface area (Å²) in [6.45, 7) is 3.48. The second kappa shape index (κ2) is 5.16. The van der Waals surface area contributed by atoms with E-state index in [9.17, 15) is 9.59 Å². The average Bonchev–Trinajstić information content (AvgIpc) is 3.18. The molecular formula is C15H22N4O2. The molecule has 0 bridgehead atoms. The van der Waals surface area contributed by atoms with Crippen molar-refractivity contribution in [2.45, 2.75) is 44.9 Å². The molecule has 0 spiro atoms. The van der Waals surface area contributed by atoms with Gasteiger partial charge in [-0.2, -0.15) is 5.10 Å². The van der Waals surface area contributed by atoms with Crippen LogP contribution in [0.3, 0.4) is 0 Å². The van der Waals surface area contributed by atoms with Gasteiger partial charge < -0.3 is 10.6 Å². The van der Waals surface area contributed by atoms with E-state index in [4.69, 9.17) is 5.73 Å². The number of rotatable bonds is 4. The molecule has 0 unspecified atom stereocenters. The highest BCUT2D eigenvalue weighted by molar-refractivity contribution is 6.07. The lowest BCUT2D eigenvalue weighted by Gasteiger charge is -2.34. The molecule has 1 aliphatic carbocycles. The van der Waals surface area contributed by atoms with Gasteiger partial charge in [-0.05, 0) is 37.7 Å². The number of primary amides is 1. The van der Waals surface area contributed by atoms with Crippen LogP contribution >= 0.6 is 0 Å². The van der Waals surface area contributed by atoms with Gasteiger partial charge in [0.25, 0.3) is 0 Å². The van der Waals surface area contributed by atoms with Crippen LogP contribution < -0.4 is 5.73 Å². The van der Waals surface area contributed by atoms with Crippen LogP contribution in [0.4, 0.5) is 0 Å². The maximum Gasteiger partial charge on any atom is 0.238 e. The molecule has 2 amide bonds. The summed E-state index contributed by atoms with van der Waals surface area (Å²) >= 11 is 0. The molecule has 0 aromatic carbocycles. The summed E-state index contributed by atoms with van der Waals surface area (Å²) in [6.07, 6.45) is 6.00. The predicted molar refractivity (Wildman–Crippen MR) is 77.4 cm³/mol. The molecule has 3 rings (SSSR count). The highest BCUT2D eigenvalue weighted by atomic mass is 16.2. The Morgan fingerprint density at radius 1 is 1.52 bits per heavy atom. The lowest BCUT2D eigenvalue weighted by atomic mass is 9.90. The van der Waals surface area contributed by atoms with Crippen LogP contribution in [0.2, 0.25) is 0 Å². The first-order valence-electron chi connectivity index (χ1n) is 7.70. The van der Waals surface area contributed by atoms with Crippen molar-refractivity contribution in [3.63, 3.8) is 0 Å². The third kappa shape index (κ3) is 2.32. The van der Waals surface area contributed by atoms with Crippen molar-refractivity contribution in [3.05, 3.63) is 17.5 Å². The first-order valence-corrected chi connectivity index (χ1v) is 7.70. The number of aryl methyl sites for hydroxylation is 1. The number of nitrogens with one attached hydrogen (secondary N) is 1. The van der Waals surface area contributed by atoms with Crippen molar-refractivity contribution in [3.8, 4) is 0 Å². The van der Waals surface area contributed by atoms with E-state index in [1.54, 1.807) is 0 Å². The van der Waals surface area contributed by atoms with Gasteiger partial charge in [-0.1, -0.05) is 6.92 Å². The second-order valence-electron chi connectivity index (χ2n) is 6.20. The van der Waals surface area contributed by atoms with Crippen LogP contribution in [0, 0.1) is 5.41 Å². The van der Waals surface area contributed by atoms with Gasteiger partial charge in [0, 0.05) is 24.7 Å². The molecule has 3 N–H and O–H groups in total. The van der Waals surface area contributed by atoms with E-state index in [-0.39, 0.29) is 11.8 Å². The first-order chi connectivity index (χ1) is 10.1. The molecule has 2 aliphatic rings. The number of carbonyl (C=O) groups excluding carboxylic acids is 2. The van der Waals surface area contributed by atoms with Crippen LogP contribution in [0.25, 0.3) is 0 Å². The second-order valence-corrected chi connectivity index (χ2v) is 6.20. The van der Waals surface area contributed by atoms with E-state index in [0.29, 0.717) is 19.4 Å². The first kappa shape index (κ1) is 14.1. The van der Waals surface area contributed by atoms with Crippen molar-refractivity contribution in [1.82, 2.24) is 15.1 Å². The molecule has 2 fully saturated rings. The minimum absolute atomic E-state index is 0.0720. The fourth-order valence-electron chi connectivity index (χ4n) is 3.35. The Bertz CT molecular complexity index is 562. The molecular weight excluding hydrogens is 268 g/mol. The number of piperidine rings is 1. The number of hydrogen-bond donors (Lipinski definition) is 2. The Kier molecular flexibility index (Phi) is 3.47. The number of carbonyl (C=O) groups is 2. The molecule has 1 saturated carbocycles. The van der Waals surface area contributed by atoms with Gasteiger partial charge in [-0.3, -0.25) is 14.7 Å². The van der Waals surface area contributed by atoms with Crippen molar-refractivity contribution >= 4 is 11.8 Å². The fourth-order valence-corrected chi connectivity index (χ4v) is 3.35. The molecule has 1 saturated heterocycles. The molecule has 114 valence electrons. The zero-order valence-corrected chi connectivity index (χ0v) is 12.4. The van der Waals surface area contributed by atoms with Crippen LogP contribution in [-0.4, -0.2) is 40.0 Å². The number of aromatic nitrogens is 2. The average molecular weight is 290 g/mol. The van der Waals surface area contributed by atoms with E-state index >= 15 is 0 Å². The van der Waals surface area contributed by atoms with Crippen LogP contribution in [0.1, 0.15) is 49.8 Å². The minimum Gasteiger partial charge on any atom is -0.369 e. The largest absolute Gasteiger partial charge is 0.369 e. The standard InChI is InChI=1S/C15H22N4O2/c1-2-10-8-17-18-12(10)11-4-3-7-19(9-11)14(21)15(5-6-15)13(16)20/h8,11H,2-7,9H2,1H3,(H2,16,20)(H,17,18)/t11-/m1/s1. The summed E-state index contributed by atoms with van der Waals surface area (Å²) < 4.78 is 0. The molecule has 2 heterocycles. The molecule has 1 aliphatic heterocycles. The van der Waals surface area contributed by atoms with Gasteiger partial charge in [0.15, 0.2) is 0 Å². The molecule has 21 heavy (non-hydrogen) atoms. The van der Waals surface area contributed by atoms with Crippen LogP contribution in [0.15, 0.2) is 6.20 Å². The van der Waals surface area contributed by atoms with Crippen molar-refractivity contribution in [2.75, 3.05) is 13.1 Å². The Morgan fingerprint density at radius 2 is 2.29 bits per heavy atom. The number of hydrogen-bond acceptors (Lipinski definition) is 3. The number of amides is 2. The van der Waals surface area contributed by atoms with E-state index in [0.717, 1.165) is 31.5 Å². The van der Waals surface area contributed by atoms with Gasteiger partial charge in [-0.25, -0.2) is 0 Å². The third-order valence-electron chi connectivity index (χ3n) is 4.88. The van der Waals surface area contributed by atoms with Crippen molar-refractivity contribution in [2.24, 2.45) is 11.1 Å². The SMILES string of the molecule is CCc1cn[nH]c1[C@@H]1CCCN(C(=O)C2(C(N)=O)CC2)C1. The maximum atomic E-state index is 12.6. The summed E-state index contributed by atoms with van der Waals surface area (Å²) in [5.74, 6) is -0.258. The van der Waals surface area contributed by atoms with E-state index in [1.807, 2.05) is 11.1 Å². The van der Waals surface area contributed by atoms with E-state index in [1.165, 1.54) is 5.56 Å². The normalized spacial score (nSPS) is 23.9. The quantitative estimate of drug-likeness (QED) is 0.808. The van der Waals surface area contributed by atoms with Gasteiger partial charge >= 0.3 is 0 Å². The molecule has 1 aromatic heterocycles. The van der Waals surface area contributed by atoms with Gasteiger partial charge in [-0.15, -0.1) is 0 Å². The summed E-state index contributed by atoms with van der Waals surface area (Å²) in [5.41, 5.74) is 6.86. The van der Waals surface area contributed by atoms with Gasteiger partial charge in [0.05, 0.1) is 6.20 Å². The highest BCUT2D eigenvalue weighted by Gasteiger charge is 2.57. The number of likely N-dealkylation sites (tertiary alicyclic amines) is 1. The summed E-state index contributed by atoms with van der Waals surface area (Å²) in [7, 11) is 0. The van der Waals surface area contributed by atoms with Crippen LogP contribution in [-0.2, 0) is 16.0 Å². The number of nitrogens with two attached hydrogens (primary N) is 1. The highest BCUT2D eigenvalue weighted by Crippen LogP contribution is 2.47. The lowest BCUT2D eigenvalue weighted by molar-refractivity contribution is -0.143.